The molecule has 14 heteroatoms. The van der Waals surface area contributed by atoms with Crippen LogP contribution in [0, 0.1) is 21.0 Å². The predicted octanol–water partition coefficient (Wildman–Crippen LogP) is 2.34. The Hall–Kier alpha value is -1.98. The van der Waals surface area contributed by atoms with Crippen LogP contribution in [0.25, 0.3) is 0 Å². The molecule has 2 aromatic rings. The second-order valence-electron chi connectivity index (χ2n) is 6.86. The lowest BCUT2D eigenvalue weighted by molar-refractivity contribution is -0.0946. The molecule has 0 saturated heterocycles. The number of amides is 1. The molecule has 4 N–H and O–H groups in total. The average molecular weight is 603 g/mol. The van der Waals surface area contributed by atoms with Gasteiger partial charge in [0.25, 0.3) is 5.91 Å². The van der Waals surface area contributed by atoms with Crippen molar-refractivity contribution in [1.29, 1.82) is 0 Å². The number of rotatable bonds is 11. The van der Waals surface area contributed by atoms with E-state index in [0.29, 0.717) is 8.63 Å². The summed E-state index contributed by atoms with van der Waals surface area (Å²) in [6, 6.07) is 4.82. The van der Waals surface area contributed by atoms with Crippen molar-refractivity contribution in [1.82, 2.24) is 10.5 Å². The zero-order chi connectivity index (χ0) is 24.8. The summed E-state index contributed by atoms with van der Waals surface area (Å²) < 4.78 is 67.0. The number of hydroxylamine groups is 3. The molecule has 1 amide bonds. The maximum atomic E-state index is 15.0. The molecule has 0 aliphatic rings. The Morgan fingerprint density at radius 2 is 1.91 bits per heavy atom. The van der Waals surface area contributed by atoms with Crippen molar-refractivity contribution >= 4 is 49.7 Å². The third kappa shape index (κ3) is 8.08. The molecule has 0 aliphatic carbocycles. The van der Waals surface area contributed by atoms with E-state index in [2.05, 4.69) is 5.32 Å². The summed E-state index contributed by atoms with van der Waals surface area (Å²) in [7, 11) is -3.43. The van der Waals surface area contributed by atoms with E-state index in [1.54, 1.807) is 0 Å². The Kier molecular flexibility index (Phi) is 9.86. The number of nitrogens with one attached hydrogen (secondary N) is 2. The minimum Gasteiger partial charge on any atom is -0.394 e. The van der Waals surface area contributed by atoms with Crippen molar-refractivity contribution < 1.29 is 41.5 Å². The molecule has 0 aromatic heterocycles. The van der Waals surface area contributed by atoms with Gasteiger partial charge < -0.3 is 15.6 Å². The first kappa shape index (κ1) is 27.3. The maximum absolute atomic E-state index is 15.0. The monoisotopic (exact) mass is 603 g/mol. The molecule has 0 fully saturated rings. The lowest BCUT2D eigenvalue weighted by Crippen LogP contribution is -2.28. The van der Waals surface area contributed by atoms with Gasteiger partial charge >= 0.3 is 0 Å². The third-order valence-electron chi connectivity index (χ3n) is 4.15. The van der Waals surface area contributed by atoms with Crippen LogP contribution in [0.4, 0.5) is 24.5 Å². The molecule has 0 spiro atoms. The molecule has 0 unspecified atom stereocenters. The third-order valence-corrected chi connectivity index (χ3v) is 5.74. The van der Waals surface area contributed by atoms with Crippen LogP contribution in [0.2, 0.25) is 0 Å². The van der Waals surface area contributed by atoms with E-state index in [0.717, 1.165) is 18.4 Å². The van der Waals surface area contributed by atoms with Gasteiger partial charge in [0.15, 0.2) is 11.6 Å². The quantitative estimate of drug-likeness (QED) is 0.175. The smallest absolute Gasteiger partial charge is 0.277 e. The number of carbonyl (C=O) groups excluding carboxylic acids is 1. The Morgan fingerprint density at radius 1 is 1.21 bits per heavy atom. The first-order chi connectivity index (χ1) is 15.4. The highest BCUT2D eigenvalue weighted by Crippen LogP contribution is 2.31. The van der Waals surface area contributed by atoms with Crippen molar-refractivity contribution in [3.63, 3.8) is 0 Å². The first-order valence-corrected chi connectivity index (χ1v) is 12.4. The topological polar surface area (TPSA) is 128 Å². The predicted molar refractivity (Wildman–Crippen MR) is 121 cm³/mol. The number of anilines is 2. The maximum Gasteiger partial charge on any atom is 0.277 e. The zero-order valence-electron chi connectivity index (χ0n) is 17.2. The van der Waals surface area contributed by atoms with Crippen LogP contribution in [-0.2, 0) is 21.2 Å². The van der Waals surface area contributed by atoms with Gasteiger partial charge in [-0.15, -0.1) is 0 Å². The Bertz CT molecular complexity index is 1120. The minimum atomic E-state index is -3.43. The van der Waals surface area contributed by atoms with Gasteiger partial charge in [-0.1, -0.05) is 0 Å². The molecule has 0 saturated carbocycles. The number of sulfone groups is 1. The van der Waals surface area contributed by atoms with E-state index < -0.39 is 75.5 Å². The van der Waals surface area contributed by atoms with Crippen molar-refractivity contribution in [3.05, 3.63) is 56.4 Å². The number of halogens is 4. The van der Waals surface area contributed by atoms with Gasteiger partial charge in [-0.3, -0.25) is 9.63 Å². The second kappa shape index (κ2) is 11.9. The summed E-state index contributed by atoms with van der Waals surface area (Å²) in [4.78, 5) is 17.2. The van der Waals surface area contributed by atoms with Gasteiger partial charge in [-0.2, -0.15) is 5.06 Å². The zero-order valence-corrected chi connectivity index (χ0v) is 20.2. The van der Waals surface area contributed by atoms with Crippen LogP contribution in [0.15, 0.2) is 24.3 Å². The average Bonchev–Trinajstić information content (AvgIpc) is 2.73. The van der Waals surface area contributed by atoms with Crippen molar-refractivity contribution in [2.75, 3.05) is 37.1 Å². The normalized spacial score (nSPS) is 11.6. The van der Waals surface area contributed by atoms with E-state index in [9.17, 15) is 31.6 Å². The molecule has 2 rings (SSSR count). The lowest BCUT2D eigenvalue weighted by Gasteiger charge is -2.19. The van der Waals surface area contributed by atoms with Crippen LogP contribution in [0.3, 0.4) is 0 Å². The highest BCUT2D eigenvalue weighted by atomic mass is 127. The second-order valence-corrected chi connectivity index (χ2v) is 10.4. The van der Waals surface area contributed by atoms with E-state index in [-0.39, 0.29) is 12.3 Å². The van der Waals surface area contributed by atoms with Gasteiger partial charge in [0, 0.05) is 21.9 Å². The molecule has 2 aromatic carbocycles. The van der Waals surface area contributed by atoms with Crippen LogP contribution in [0.5, 0.6) is 0 Å². The highest BCUT2D eigenvalue weighted by Gasteiger charge is 2.25. The number of aliphatic hydroxyl groups excluding tert-OH is 1. The van der Waals surface area contributed by atoms with Crippen molar-refractivity contribution in [3.8, 4) is 0 Å². The molecular formula is C19H21F3IN3O6S. The van der Waals surface area contributed by atoms with Crippen molar-refractivity contribution in [2.45, 2.75) is 6.54 Å². The Balaban J connectivity index is 2.44. The van der Waals surface area contributed by atoms with E-state index >= 15 is 0 Å². The molecule has 182 valence electrons. The van der Waals surface area contributed by atoms with Gasteiger partial charge in [0.2, 0.25) is 0 Å². The SMILES string of the molecule is CS(=O)(=O)CCN(O)Cc1cc(C(=O)NOCCO)c(Nc2ccc(I)cc2F)c(F)c1F. The molecule has 0 bridgehead atoms. The number of nitrogens with zero attached hydrogens (tertiary/aromatic N) is 1. The summed E-state index contributed by atoms with van der Waals surface area (Å²) in [5.74, 6) is -5.24. The van der Waals surface area contributed by atoms with Crippen LogP contribution >= 0.6 is 22.6 Å². The van der Waals surface area contributed by atoms with Gasteiger partial charge in [-0.05, 0) is 46.9 Å². The fourth-order valence-electron chi connectivity index (χ4n) is 2.58. The molecule has 33 heavy (non-hydrogen) atoms. The number of carbonyl (C=O) groups is 1. The fourth-order valence-corrected chi connectivity index (χ4v) is 3.58. The van der Waals surface area contributed by atoms with Gasteiger partial charge in [-0.25, -0.2) is 27.1 Å². The van der Waals surface area contributed by atoms with E-state index in [1.807, 2.05) is 28.1 Å². The van der Waals surface area contributed by atoms with Crippen LogP contribution < -0.4 is 10.8 Å². The summed E-state index contributed by atoms with van der Waals surface area (Å²) in [5.41, 5.74) is 0.0608. The van der Waals surface area contributed by atoms with Crippen molar-refractivity contribution in [2.24, 2.45) is 0 Å². The molecule has 0 radical (unpaired) electrons. The standard InChI is InChI=1S/C19H21F3IN3O6S/c1-33(30,31)7-4-26(29)10-11-8-13(19(28)25-32-6-5-27)18(17(22)16(11)21)24-15-3-2-12(23)9-14(15)20/h2-3,8-9,24,27,29H,4-7,10H2,1H3,(H,25,28). The summed E-state index contributed by atoms with van der Waals surface area (Å²) in [5, 5.41) is 21.5. The molecule has 0 aliphatic heterocycles. The van der Waals surface area contributed by atoms with Gasteiger partial charge in [0.05, 0.1) is 42.4 Å². The number of hydrogen-bond donors (Lipinski definition) is 4. The Labute approximate surface area is 201 Å². The van der Waals surface area contributed by atoms with Gasteiger partial charge in [0.1, 0.15) is 15.7 Å². The number of aliphatic hydroxyl groups is 1. The minimum absolute atomic E-state index is 0.233. The lowest BCUT2D eigenvalue weighted by atomic mass is 10.1. The van der Waals surface area contributed by atoms with E-state index in [1.165, 1.54) is 12.1 Å². The molecular weight excluding hydrogens is 582 g/mol. The summed E-state index contributed by atoms with van der Waals surface area (Å²) in [6.07, 6.45) is 0.945. The summed E-state index contributed by atoms with van der Waals surface area (Å²) >= 11 is 1.86. The van der Waals surface area contributed by atoms with Crippen LogP contribution in [0.1, 0.15) is 15.9 Å². The fraction of sp³-hybridized carbons (Fsp3) is 0.316. The molecule has 9 nitrogen and oxygen atoms in total. The first-order valence-electron chi connectivity index (χ1n) is 9.30. The Morgan fingerprint density at radius 3 is 2.52 bits per heavy atom. The highest BCUT2D eigenvalue weighted by molar-refractivity contribution is 14.1. The van der Waals surface area contributed by atoms with Crippen LogP contribution in [-0.4, -0.2) is 61.5 Å². The molecule has 0 atom stereocenters. The largest absolute Gasteiger partial charge is 0.394 e. The number of hydrogen-bond acceptors (Lipinski definition) is 8. The number of benzene rings is 2. The summed E-state index contributed by atoms with van der Waals surface area (Å²) in [6.45, 7) is -1.75. The van der Waals surface area contributed by atoms with E-state index in [4.69, 9.17) is 9.94 Å². The molecule has 0 heterocycles.